The van der Waals surface area contributed by atoms with E-state index in [-0.39, 0.29) is 18.1 Å². The quantitative estimate of drug-likeness (QED) is 0.814. The van der Waals surface area contributed by atoms with Crippen LogP contribution in [-0.4, -0.2) is 37.1 Å². The van der Waals surface area contributed by atoms with Gasteiger partial charge in [0.1, 0.15) is 6.17 Å². The van der Waals surface area contributed by atoms with E-state index in [2.05, 4.69) is 24.4 Å². The molecule has 106 valence electrons. The number of hydrogen-bond acceptors (Lipinski definition) is 4. The minimum atomic E-state index is -0.0881. The third-order valence-electron chi connectivity index (χ3n) is 3.40. The van der Waals surface area contributed by atoms with Crippen molar-refractivity contribution in [2.24, 2.45) is 0 Å². The van der Waals surface area contributed by atoms with Crippen LogP contribution >= 0.6 is 11.3 Å². The first-order chi connectivity index (χ1) is 9.13. The van der Waals surface area contributed by atoms with Crippen molar-refractivity contribution in [1.82, 2.24) is 10.2 Å². The van der Waals surface area contributed by atoms with E-state index in [0.29, 0.717) is 0 Å². The summed E-state index contributed by atoms with van der Waals surface area (Å²) >= 11 is 1.76. The van der Waals surface area contributed by atoms with Crippen LogP contribution in [0.4, 0.5) is 0 Å². The third-order valence-corrected chi connectivity index (χ3v) is 4.45. The van der Waals surface area contributed by atoms with Gasteiger partial charge in [0.25, 0.3) is 0 Å². The normalized spacial score (nSPS) is 23.3. The molecule has 0 radical (unpaired) electrons. The summed E-state index contributed by atoms with van der Waals surface area (Å²) in [5, 5.41) is 3.38. The van der Waals surface area contributed by atoms with Crippen LogP contribution in [0.25, 0.3) is 0 Å². The molecule has 0 spiro atoms. The molecule has 0 aliphatic carbocycles. The molecule has 1 saturated heterocycles. The molecule has 1 aliphatic rings. The van der Waals surface area contributed by atoms with E-state index in [1.165, 1.54) is 9.75 Å². The van der Waals surface area contributed by atoms with Crippen molar-refractivity contribution in [1.29, 1.82) is 0 Å². The molecular formula is C14H22N2O2S. The van der Waals surface area contributed by atoms with Gasteiger partial charge in [-0.1, -0.05) is 0 Å². The Bertz CT molecular complexity index is 433. The van der Waals surface area contributed by atoms with E-state index in [1.54, 1.807) is 18.4 Å². The number of aryl methyl sites for hydroxylation is 1. The molecule has 1 aromatic heterocycles. The van der Waals surface area contributed by atoms with Gasteiger partial charge in [0.15, 0.2) is 0 Å². The van der Waals surface area contributed by atoms with E-state index in [4.69, 9.17) is 4.74 Å². The summed E-state index contributed by atoms with van der Waals surface area (Å²) in [6, 6.07) is 4.14. The zero-order chi connectivity index (χ0) is 13.8. The zero-order valence-corrected chi connectivity index (χ0v) is 12.6. The summed E-state index contributed by atoms with van der Waals surface area (Å²) in [6.45, 7) is 5.58. The predicted octanol–water partition coefficient (Wildman–Crippen LogP) is 2.30. The van der Waals surface area contributed by atoms with Crippen LogP contribution in [0.5, 0.6) is 0 Å². The molecule has 2 rings (SSSR count). The maximum atomic E-state index is 12.2. The fourth-order valence-corrected chi connectivity index (χ4v) is 3.33. The van der Waals surface area contributed by atoms with Crippen LogP contribution in [0, 0.1) is 6.92 Å². The van der Waals surface area contributed by atoms with Crippen molar-refractivity contribution in [2.75, 3.05) is 20.3 Å². The number of nitrogens with one attached hydrogen (secondary N) is 1. The molecule has 0 aromatic carbocycles. The number of methoxy groups -OCH3 is 1. The summed E-state index contributed by atoms with van der Waals surface area (Å²) in [4.78, 5) is 16.7. The average molecular weight is 282 g/mol. The standard InChI is InChI=1S/C14H22N2O2S/c1-10-6-7-12(19-10)13-15-11(2)14(17)16(13)8-4-5-9-18-3/h6-7,11,13,15H,4-5,8-9H2,1-3H3. The molecule has 1 N–H and O–H groups in total. The first-order valence-electron chi connectivity index (χ1n) is 6.75. The van der Waals surface area contributed by atoms with Crippen molar-refractivity contribution in [3.63, 3.8) is 0 Å². The number of rotatable bonds is 6. The Hall–Kier alpha value is -0.910. The SMILES string of the molecule is COCCCCN1C(=O)C(C)NC1c1ccc(C)s1. The van der Waals surface area contributed by atoms with Gasteiger partial charge in [0.05, 0.1) is 6.04 Å². The molecule has 5 heteroatoms. The van der Waals surface area contributed by atoms with Crippen LogP contribution in [0.2, 0.25) is 0 Å². The van der Waals surface area contributed by atoms with E-state index < -0.39 is 0 Å². The van der Waals surface area contributed by atoms with Crippen molar-refractivity contribution in [2.45, 2.75) is 38.9 Å². The highest BCUT2D eigenvalue weighted by molar-refractivity contribution is 7.12. The Balaban J connectivity index is 2.01. The van der Waals surface area contributed by atoms with Gasteiger partial charge in [0.2, 0.25) is 5.91 Å². The Labute approximate surface area is 118 Å². The fourth-order valence-electron chi connectivity index (χ4n) is 2.38. The minimum absolute atomic E-state index is 0.0451. The zero-order valence-electron chi connectivity index (χ0n) is 11.8. The number of carbonyl (C=O) groups is 1. The Morgan fingerprint density at radius 1 is 1.42 bits per heavy atom. The molecule has 0 saturated carbocycles. The van der Waals surface area contributed by atoms with Crippen LogP contribution in [0.1, 0.15) is 35.7 Å². The maximum absolute atomic E-state index is 12.2. The third kappa shape index (κ3) is 3.35. The van der Waals surface area contributed by atoms with Gasteiger partial charge in [-0.25, -0.2) is 0 Å². The van der Waals surface area contributed by atoms with Crippen LogP contribution in [-0.2, 0) is 9.53 Å². The molecule has 1 aromatic rings. The smallest absolute Gasteiger partial charge is 0.241 e. The molecular weight excluding hydrogens is 260 g/mol. The Morgan fingerprint density at radius 3 is 2.84 bits per heavy atom. The highest BCUT2D eigenvalue weighted by Gasteiger charge is 2.37. The summed E-state index contributed by atoms with van der Waals surface area (Å²) in [7, 11) is 1.71. The van der Waals surface area contributed by atoms with Crippen molar-refractivity contribution < 1.29 is 9.53 Å². The number of amides is 1. The van der Waals surface area contributed by atoms with E-state index in [0.717, 1.165) is 26.0 Å². The fraction of sp³-hybridized carbons (Fsp3) is 0.643. The molecule has 2 heterocycles. The Kier molecular flexibility index (Phi) is 4.96. The lowest BCUT2D eigenvalue weighted by atomic mass is 10.2. The predicted molar refractivity (Wildman–Crippen MR) is 77.2 cm³/mol. The van der Waals surface area contributed by atoms with E-state index in [1.807, 2.05) is 11.8 Å². The van der Waals surface area contributed by atoms with Gasteiger partial charge in [-0.3, -0.25) is 10.1 Å². The van der Waals surface area contributed by atoms with Crippen LogP contribution in [0.15, 0.2) is 12.1 Å². The summed E-state index contributed by atoms with van der Waals surface area (Å²) < 4.78 is 5.05. The van der Waals surface area contributed by atoms with Gasteiger partial charge in [-0.05, 0) is 38.8 Å². The molecule has 1 amide bonds. The summed E-state index contributed by atoms with van der Waals surface area (Å²) in [5.74, 6) is 0.202. The van der Waals surface area contributed by atoms with Crippen molar-refractivity contribution >= 4 is 17.2 Å². The molecule has 4 nitrogen and oxygen atoms in total. The van der Waals surface area contributed by atoms with Crippen LogP contribution < -0.4 is 5.32 Å². The number of nitrogens with zero attached hydrogens (tertiary/aromatic N) is 1. The second-order valence-corrected chi connectivity index (χ2v) is 6.29. The highest BCUT2D eigenvalue weighted by Crippen LogP contribution is 2.30. The largest absolute Gasteiger partial charge is 0.385 e. The molecule has 2 unspecified atom stereocenters. The second kappa shape index (κ2) is 6.50. The van der Waals surface area contributed by atoms with Crippen molar-refractivity contribution in [3.8, 4) is 0 Å². The van der Waals surface area contributed by atoms with Gasteiger partial charge in [0, 0.05) is 30.0 Å². The number of thiophene rings is 1. The topological polar surface area (TPSA) is 41.6 Å². The lowest BCUT2D eigenvalue weighted by Crippen LogP contribution is -2.31. The first kappa shape index (κ1) is 14.5. The average Bonchev–Trinajstić information content (AvgIpc) is 2.92. The number of ether oxygens (including phenoxy) is 1. The maximum Gasteiger partial charge on any atom is 0.241 e. The number of carbonyl (C=O) groups excluding carboxylic acids is 1. The minimum Gasteiger partial charge on any atom is -0.385 e. The van der Waals surface area contributed by atoms with Gasteiger partial charge in [-0.2, -0.15) is 0 Å². The van der Waals surface area contributed by atoms with Crippen molar-refractivity contribution in [3.05, 3.63) is 21.9 Å². The Morgan fingerprint density at radius 2 is 2.21 bits per heavy atom. The molecule has 1 fully saturated rings. The molecule has 2 atom stereocenters. The van der Waals surface area contributed by atoms with Gasteiger partial charge >= 0.3 is 0 Å². The number of unbranched alkanes of at least 4 members (excludes halogenated alkanes) is 1. The summed E-state index contributed by atoms with van der Waals surface area (Å²) in [6.07, 6.45) is 2.02. The summed E-state index contributed by atoms with van der Waals surface area (Å²) in [5.41, 5.74) is 0. The monoisotopic (exact) mass is 282 g/mol. The van der Waals surface area contributed by atoms with Gasteiger partial charge in [-0.15, -0.1) is 11.3 Å². The highest BCUT2D eigenvalue weighted by atomic mass is 32.1. The van der Waals surface area contributed by atoms with Crippen LogP contribution in [0.3, 0.4) is 0 Å². The lowest BCUT2D eigenvalue weighted by molar-refractivity contribution is -0.129. The second-order valence-electron chi connectivity index (χ2n) is 4.97. The molecule has 19 heavy (non-hydrogen) atoms. The van der Waals surface area contributed by atoms with E-state index in [9.17, 15) is 4.79 Å². The van der Waals surface area contributed by atoms with Gasteiger partial charge < -0.3 is 9.64 Å². The molecule has 0 bridgehead atoms. The first-order valence-corrected chi connectivity index (χ1v) is 7.57. The van der Waals surface area contributed by atoms with E-state index >= 15 is 0 Å². The lowest BCUT2D eigenvalue weighted by Gasteiger charge is -2.23. The number of hydrogen-bond donors (Lipinski definition) is 1. The molecule has 1 aliphatic heterocycles.